The summed E-state index contributed by atoms with van der Waals surface area (Å²) < 4.78 is 2.17. The van der Waals surface area contributed by atoms with Gasteiger partial charge < -0.3 is 5.32 Å². The molecule has 0 aliphatic carbocycles. The Morgan fingerprint density at radius 3 is 2.72 bits per heavy atom. The molecule has 1 amide bonds. The van der Waals surface area contributed by atoms with E-state index in [2.05, 4.69) is 43.8 Å². The van der Waals surface area contributed by atoms with Crippen molar-refractivity contribution in [3.63, 3.8) is 0 Å². The third-order valence-electron chi connectivity index (χ3n) is 2.79. The van der Waals surface area contributed by atoms with Gasteiger partial charge in [-0.25, -0.2) is 0 Å². The average molecular weight is 424 g/mol. The van der Waals surface area contributed by atoms with Gasteiger partial charge in [0.15, 0.2) is 0 Å². The van der Waals surface area contributed by atoms with Crippen LogP contribution in [0.5, 0.6) is 0 Å². The molecular formula is C14H19BrINO. The van der Waals surface area contributed by atoms with Gasteiger partial charge in [0, 0.05) is 16.6 Å². The van der Waals surface area contributed by atoms with Crippen LogP contribution in [-0.2, 0) is 0 Å². The predicted octanol–water partition coefficient (Wildman–Crippen LogP) is 4.48. The second-order valence-electron chi connectivity index (χ2n) is 4.32. The van der Waals surface area contributed by atoms with Gasteiger partial charge in [-0.15, -0.1) is 0 Å². The van der Waals surface area contributed by atoms with E-state index < -0.39 is 0 Å². The number of benzene rings is 1. The number of halogens is 2. The van der Waals surface area contributed by atoms with E-state index in [9.17, 15) is 4.79 Å². The van der Waals surface area contributed by atoms with E-state index in [0.29, 0.717) is 0 Å². The van der Waals surface area contributed by atoms with Crippen LogP contribution in [0.2, 0.25) is 0 Å². The van der Waals surface area contributed by atoms with E-state index in [1.165, 1.54) is 23.7 Å². The number of hydrogen-bond acceptors (Lipinski definition) is 1. The second kappa shape index (κ2) is 8.91. The monoisotopic (exact) mass is 423 g/mol. The number of carbonyl (C=O) groups is 1. The maximum absolute atomic E-state index is 12.0. The van der Waals surface area contributed by atoms with Gasteiger partial charge in [0.2, 0.25) is 0 Å². The van der Waals surface area contributed by atoms with E-state index in [1.54, 1.807) is 0 Å². The molecule has 0 unspecified atom stereocenters. The zero-order valence-corrected chi connectivity index (χ0v) is 14.4. The van der Waals surface area contributed by atoms with E-state index >= 15 is 0 Å². The lowest BCUT2D eigenvalue weighted by Crippen LogP contribution is -2.25. The molecule has 1 aromatic rings. The summed E-state index contributed by atoms with van der Waals surface area (Å²) in [6, 6.07) is 5.79. The number of aryl methyl sites for hydroxylation is 1. The number of alkyl halides is 1. The van der Waals surface area contributed by atoms with Crippen LogP contribution in [0, 0.1) is 6.92 Å². The molecule has 0 spiro atoms. The van der Waals surface area contributed by atoms with Crippen LogP contribution < -0.4 is 5.32 Å². The molecule has 1 aromatic carbocycles. The number of rotatable bonds is 7. The van der Waals surface area contributed by atoms with Crippen LogP contribution in [0.25, 0.3) is 0 Å². The van der Waals surface area contributed by atoms with E-state index in [-0.39, 0.29) is 5.91 Å². The zero-order chi connectivity index (χ0) is 13.4. The molecule has 0 saturated heterocycles. The van der Waals surface area contributed by atoms with Gasteiger partial charge in [-0.05, 0) is 41.9 Å². The number of amides is 1. The molecule has 0 heterocycles. The maximum atomic E-state index is 12.0. The summed E-state index contributed by atoms with van der Waals surface area (Å²) >= 11 is 5.79. The molecule has 1 N–H and O–H groups in total. The number of carbonyl (C=O) groups excluding carboxylic acids is 1. The van der Waals surface area contributed by atoms with Crippen LogP contribution in [0.4, 0.5) is 0 Å². The Balaban J connectivity index is 2.34. The highest BCUT2D eigenvalue weighted by atomic mass is 127. The largest absolute Gasteiger partial charge is 0.352 e. The van der Waals surface area contributed by atoms with Crippen molar-refractivity contribution in [2.75, 3.05) is 11.0 Å². The molecule has 0 radical (unpaired) electrons. The first-order valence-corrected chi connectivity index (χ1v) is 8.57. The molecule has 18 heavy (non-hydrogen) atoms. The molecule has 0 bridgehead atoms. The van der Waals surface area contributed by atoms with Gasteiger partial charge in [0.1, 0.15) is 0 Å². The van der Waals surface area contributed by atoms with E-state index in [0.717, 1.165) is 28.6 Å². The molecule has 1 rings (SSSR count). The van der Waals surface area contributed by atoms with Crippen molar-refractivity contribution in [3.05, 3.63) is 33.8 Å². The van der Waals surface area contributed by atoms with Gasteiger partial charge in [0.05, 0.1) is 0 Å². The van der Waals surface area contributed by atoms with Crippen LogP contribution in [0.1, 0.15) is 41.6 Å². The van der Waals surface area contributed by atoms with Crippen molar-refractivity contribution in [2.45, 2.75) is 32.6 Å². The molecule has 0 aliphatic rings. The normalized spacial score (nSPS) is 10.4. The van der Waals surface area contributed by atoms with Gasteiger partial charge in [-0.1, -0.05) is 57.4 Å². The first-order chi connectivity index (χ1) is 8.65. The summed E-state index contributed by atoms with van der Waals surface area (Å²) in [4.78, 5) is 12.0. The second-order valence-corrected chi connectivity index (χ2v) is 6.31. The third-order valence-corrected chi connectivity index (χ3v) is 4.05. The maximum Gasteiger partial charge on any atom is 0.251 e. The number of nitrogens with one attached hydrogen (secondary N) is 1. The predicted molar refractivity (Wildman–Crippen MR) is 88.6 cm³/mol. The highest BCUT2D eigenvalue weighted by Crippen LogP contribution is 2.15. The lowest BCUT2D eigenvalue weighted by molar-refractivity contribution is 0.0952. The molecule has 0 aromatic heterocycles. The Hall–Kier alpha value is -0.100. The molecule has 0 aliphatic heterocycles. The fourth-order valence-electron chi connectivity index (χ4n) is 1.71. The van der Waals surface area contributed by atoms with Crippen LogP contribution in [0.3, 0.4) is 0 Å². The minimum Gasteiger partial charge on any atom is -0.352 e. The first-order valence-electron chi connectivity index (χ1n) is 6.25. The summed E-state index contributed by atoms with van der Waals surface area (Å²) in [6.07, 6.45) is 4.80. The van der Waals surface area contributed by atoms with Crippen molar-refractivity contribution in [1.82, 2.24) is 5.32 Å². The summed E-state index contributed by atoms with van der Waals surface area (Å²) in [7, 11) is 0. The first kappa shape index (κ1) is 16.0. The minimum atomic E-state index is 0.0303. The Morgan fingerprint density at radius 2 is 2.00 bits per heavy atom. The Bertz CT molecular complexity index is 395. The van der Waals surface area contributed by atoms with Crippen molar-refractivity contribution >= 4 is 44.4 Å². The van der Waals surface area contributed by atoms with Crippen molar-refractivity contribution in [2.24, 2.45) is 0 Å². The Morgan fingerprint density at radius 1 is 1.28 bits per heavy atom. The standard InChI is InChI=1S/C14H19BrINO/c1-11-6-7-12(15)10-13(11)14(18)17-9-5-3-2-4-8-16/h6-7,10H,2-5,8-9H2,1H3,(H,17,18). The van der Waals surface area contributed by atoms with Crippen molar-refractivity contribution in [3.8, 4) is 0 Å². The smallest absolute Gasteiger partial charge is 0.251 e. The number of hydrogen-bond donors (Lipinski definition) is 1. The van der Waals surface area contributed by atoms with Crippen molar-refractivity contribution in [1.29, 1.82) is 0 Å². The molecule has 0 fully saturated rings. The third kappa shape index (κ3) is 5.69. The Labute approximate surface area is 131 Å². The quantitative estimate of drug-likeness (QED) is 0.391. The van der Waals surface area contributed by atoms with Gasteiger partial charge in [-0.3, -0.25) is 4.79 Å². The molecular weight excluding hydrogens is 405 g/mol. The molecule has 2 nitrogen and oxygen atoms in total. The average Bonchev–Trinajstić information content (AvgIpc) is 2.36. The fourth-order valence-corrected chi connectivity index (χ4v) is 2.61. The highest BCUT2D eigenvalue weighted by molar-refractivity contribution is 14.1. The lowest BCUT2D eigenvalue weighted by atomic mass is 10.1. The van der Waals surface area contributed by atoms with Crippen LogP contribution in [-0.4, -0.2) is 16.9 Å². The van der Waals surface area contributed by atoms with Gasteiger partial charge in [-0.2, -0.15) is 0 Å². The van der Waals surface area contributed by atoms with Crippen molar-refractivity contribution < 1.29 is 4.79 Å². The summed E-state index contributed by atoms with van der Waals surface area (Å²) in [5.74, 6) is 0.0303. The SMILES string of the molecule is Cc1ccc(Br)cc1C(=O)NCCCCCCI. The topological polar surface area (TPSA) is 29.1 Å². The molecule has 4 heteroatoms. The van der Waals surface area contributed by atoms with Crippen LogP contribution in [0.15, 0.2) is 22.7 Å². The summed E-state index contributed by atoms with van der Waals surface area (Å²) in [6.45, 7) is 2.73. The zero-order valence-electron chi connectivity index (χ0n) is 10.6. The number of unbranched alkanes of at least 4 members (excludes halogenated alkanes) is 3. The van der Waals surface area contributed by atoms with Gasteiger partial charge in [0.25, 0.3) is 5.91 Å². The molecule has 100 valence electrons. The molecule has 0 saturated carbocycles. The fraction of sp³-hybridized carbons (Fsp3) is 0.500. The summed E-state index contributed by atoms with van der Waals surface area (Å²) in [5, 5.41) is 2.98. The lowest BCUT2D eigenvalue weighted by Gasteiger charge is -2.08. The molecule has 0 atom stereocenters. The van der Waals surface area contributed by atoms with E-state index in [1.807, 2.05) is 25.1 Å². The van der Waals surface area contributed by atoms with Crippen LogP contribution >= 0.6 is 38.5 Å². The minimum absolute atomic E-state index is 0.0303. The van der Waals surface area contributed by atoms with Gasteiger partial charge >= 0.3 is 0 Å². The highest BCUT2D eigenvalue weighted by Gasteiger charge is 2.08. The summed E-state index contributed by atoms with van der Waals surface area (Å²) in [5.41, 5.74) is 1.78. The Kier molecular flexibility index (Phi) is 7.90. The van der Waals surface area contributed by atoms with E-state index in [4.69, 9.17) is 0 Å².